The fourth-order valence-corrected chi connectivity index (χ4v) is 2.19. The highest BCUT2D eigenvalue weighted by Gasteiger charge is 2.32. The van der Waals surface area contributed by atoms with Crippen molar-refractivity contribution in [3.63, 3.8) is 0 Å². The topological polar surface area (TPSA) is 81.1 Å². The summed E-state index contributed by atoms with van der Waals surface area (Å²) in [6.45, 7) is 6.76. The molecule has 0 unspecified atom stereocenters. The van der Waals surface area contributed by atoms with Gasteiger partial charge < -0.3 is 20.0 Å². The molecule has 19 heavy (non-hydrogen) atoms. The Hall–Kier alpha value is -1.30. The molecular formula is C13H24N2O4. The van der Waals surface area contributed by atoms with Crippen LogP contribution in [0, 0.1) is 5.92 Å². The van der Waals surface area contributed by atoms with E-state index < -0.39 is 11.6 Å². The van der Waals surface area contributed by atoms with E-state index in [1.807, 2.05) is 13.8 Å². The summed E-state index contributed by atoms with van der Waals surface area (Å²) in [6, 6.07) is -0.244. The van der Waals surface area contributed by atoms with Crippen molar-refractivity contribution in [1.29, 1.82) is 0 Å². The van der Waals surface area contributed by atoms with E-state index in [0.29, 0.717) is 32.5 Å². The van der Waals surface area contributed by atoms with Gasteiger partial charge in [-0.05, 0) is 25.7 Å². The lowest BCUT2D eigenvalue weighted by atomic mass is 9.94. The average molecular weight is 272 g/mol. The number of carbonyl (C=O) groups is 2. The molecule has 1 rings (SSSR count). The average Bonchev–Trinajstić information content (AvgIpc) is 2.26. The molecule has 2 amide bonds. The van der Waals surface area contributed by atoms with Crippen molar-refractivity contribution < 1.29 is 19.8 Å². The molecule has 2 N–H and O–H groups in total. The zero-order chi connectivity index (χ0) is 14.6. The molecule has 0 aromatic carbocycles. The maximum Gasteiger partial charge on any atom is 0.323 e. The molecule has 0 atom stereocenters. The van der Waals surface area contributed by atoms with Gasteiger partial charge in [0.05, 0.1) is 5.60 Å². The molecule has 1 fully saturated rings. The lowest BCUT2D eigenvalue weighted by Crippen LogP contribution is -2.52. The van der Waals surface area contributed by atoms with Crippen molar-refractivity contribution in [2.24, 2.45) is 5.92 Å². The molecule has 0 aromatic rings. The van der Waals surface area contributed by atoms with Crippen LogP contribution in [-0.2, 0) is 4.79 Å². The summed E-state index contributed by atoms with van der Waals surface area (Å²) in [7, 11) is 0. The molecule has 0 radical (unpaired) electrons. The standard InChI is InChI=1S/C13H24N2O4/c1-10(2)8-15(9-11(16)17)12(18)14-6-4-13(3,19)5-7-14/h10,19H,4-9H2,1-3H3,(H,16,17). The van der Waals surface area contributed by atoms with Crippen LogP contribution in [0.1, 0.15) is 33.6 Å². The van der Waals surface area contributed by atoms with Crippen molar-refractivity contribution in [1.82, 2.24) is 9.80 Å². The largest absolute Gasteiger partial charge is 0.480 e. The lowest BCUT2D eigenvalue weighted by Gasteiger charge is -2.38. The lowest BCUT2D eigenvalue weighted by molar-refractivity contribution is -0.137. The second kappa shape index (κ2) is 6.23. The van der Waals surface area contributed by atoms with Gasteiger partial charge in [0.15, 0.2) is 0 Å². The van der Waals surface area contributed by atoms with Gasteiger partial charge in [0, 0.05) is 19.6 Å². The minimum absolute atomic E-state index is 0.219. The number of likely N-dealkylation sites (tertiary alicyclic amines) is 1. The van der Waals surface area contributed by atoms with Crippen LogP contribution in [0.5, 0.6) is 0 Å². The molecule has 0 saturated carbocycles. The van der Waals surface area contributed by atoms with Crippen molar-refractivity contribution in [2.75, 3.05) is 26.2 Å². The number of urea groups is 1. The van der Waals surface area contributed by atoms with Crippen molar-refractivity contribution >= 4 is 12.0 Å². The zero-order valence-electron chi connectivity index (χ0n) is 11.9. The number of aliphatic carboxylic acids is 1. The van der Waals surface area contributed by atoms with Gasteiger partial charge in [-0.3, -0.25) is 4.79 Å². The Labute approximate surface area is 114 Å². The maximum atomic E-state index is 12.3. The van der Waals surface area contributed by atoms with E-state index in [-0.39, 0.29) is 18.5 Å². The number of hydrogen-bond donors (Lipinski definition) is 2. The van der Waals surface area contributed by atoms with E-state index in [1.165, 1.54) is 4.90 Å². The van der Waals surface area contributed by atoms with Crippen LogP contribution >= 0.6 is 0 Å². The van der Waals surface area contributed by atoms with E-state index in [1.54, 1.807) is 11.8 Å². The highest BCUT2D eigenvalue weighted by atomic mass is 16.4. The Morgan fingerprint density at radius 3 is 2.26 bits per heavy atom. The normalized spacial score (nSPS) is 18.5. The van der Waals surface area contributed by atoms with E-state index in [9.17, 15) is 14.7 Å². The number of piperidine rings is 1. The number of carboxylic acids is 1. The summed E-state index contributed by atoms with van der Waals surface area (Å²) in [5.41, 5.74) is -0.716. The summed E-state index contributed by atoms with van der Waals surface area (Å²) in [4.78, 5) is 26.1. The fourth-order valence-electron chi connectivity index (χ4n) is 2.19. The Bertz CT molecular complexity index is 332. The van der Waals surface area contributed by atoms with Crippen LogP contribution in [0.15, 0.2) is 0 Å². The smallest absolute Gasteiger partial charge is 0.323 e. The van der Waals surface area contributed by atoms with Gasteiger partial charge in [-0.15, -0.1) is 0 Å². The van der Waals surface area contributed by atoms with E-state index in [4.69, 9.17) is 5.11 Å². The van der Waals surface area contributed by atoms with Gasteiger partial charge in [-0.1, -0.05) is 13.8 Å². The first-order valence-corrected chi connectivity index (χ1v) is 6.69. The van der Waals surface area contributed by atoms with E-state index in [2.05, 4.69) is 0 Å². The molecule has 1 saturated heterocycles. The van der Waals surface area contributed by atoms with Crippen molar-refractivity contribution in [3.8, 4) is 0 Å². The molecule has 1 aliphatic heterocycles. The number of aliphatic hydroxyl groups is 1. The van der Waals surface area contributed by atoms with Gasteiger partial charge >= 0.3 is 12.0 Å². The Morgan fingerprint density at radius 1 is 1.32 bits per heavy atom. The zero-order valence-corrected chi connectivity index (χ0v) is 11.9. The Balaban J connectivity index is 2.63. The predicted octanol–water partition coefficient (Wildman–Crippen LogP) is 0.996. The summed E-state index contributed by atoms with van der Waals surface area (Å²) in [6.07, 6.45) is 1.06. The van der Waals surface area contributed by atoms with Gasteiger partial charge in [0.25, 0.3) is 0 Å². The third kappa shape index (κ3) is 5.06. The number of nitrogens with zero attached hydrogens (tertiary/aromatic N) is 2. The molecule has 0 spiro atoms. The maximum absolute atomic E-state index is 12.3. The Morgan fingerprint density at radius 2 is 1.84 bits per heavy atom. The van der Waals surface area contributed by atoms with Gasteiger partial charge in [-0.25, -0.2) is 4.79 Å². The highest BCUT2D eigenvalue weighted by Crippen LogP contribution is 2.22. The summed E-state index contributed by atoms with van der Waals surface area (Å²) < 4.78 is 0. The molecule has 110 valence electrons. The third-order valence-electron chi connectivity index (χ3n) is 3.29. The predicted molar refractivity (Wildman–Crippen MR) is 70.9 cm³/mol. The van der Waals surface area contributed by atoms with Crippen LogP contribution in [0.4, 0.5) is 4.79 Å². The summed E-state index contributed by atoms with van der Waals surface area (Å²) >= 11 is 0. The number of carbonyl (C=O) groups excluding carboxylic acids is 1. The summed E-state index contributed by atoms with van der Waals surface area (Å²) in [5, 5.41) is 18.7. The van der Waals surface area contributed by atoms with Crippen molar-refractivity contribution in [3.05, 3.63) is 0 Å². The quantitative estimate of drug-likeness (QED) is 0.800. The van der Waals surface area contributed by atoms with E-state index >= 15 is 0 Å². The molecule has 1 heterocycles. The van der Waals surface area contributed by atoms with Crippen LogP contribution < -0.4 is 0 Å². The number of amides is 2. The van der Waals surface area contributed by atoms with Crippen LogP contribution in [-0.4, -0.2) is 63.8 Å². The monoisotopic (exact) mass is 272 g/mol. The highest BCUT2D eigenvalue weighted by molar-refractivity contribution is 5.80. The number of carboxylic acid groups (broad SMARTS) is 1. The number of rotatable bonds is 4. The molecular weight excluding hydrogens is 248 g/mol. The SMILES string of the molecule is CC(C)CN(CC(=O)O)C(=O)N1CCC(C)(O)CC1. The molecule has 1 aliphatic rings. The molecule has 0 aromatic heterocycles. The molecule has 6 nitrogen and oxygen atoms in total. The third-order valence-corrected chi connectivity index (χ3v) is 3.29. The van der Waals surface area contributed by atoms with Gasteiger partial charge in [0.1, 0.15) is 6.54 Å². The second-order valence-corrected chi connectivity index (χ2v) is 5.93. The number of hydrogen-bond acceptors (Lipinski definition) is 3. The van der Waals surface area contributed by atoms with E-state index in [0.717, 1.165) is 0 Å². The second-order valence-electron chi connectivity index (χ2n) is 5.93. The van der Waals surface area contributed by atoms with Gasteiger partial charge in [0.2, 0.25) is 0 Å². The fraction of sp³-hybridized carbons (Fsp3) is 0.846. The van der Waals surface area contributed by atoms with Crippen LogP contribution in [0.3, 0.4) is 0 Å². The molecule has 0 aliphatic carbocycles. The van der Waals surface area contributed by atoms with Crippen LogP contribution in [0.25, 0.3) is 0 Å². The van der Waals surface area contributed by atoms with Crippen LogP contribution in [0.2, 0.25) is 0 Å². The first-order valence-electron chi connectivity index (χ1n) is 6.69. The minimum Gasteiger partial charge on any atom is -0.480 e. The first-order chi connectivity index (χ1) is 8.71. The summed E-state index contributed by atoms with van der Waals surface area (Å²) in [5.74, 6) is -0.783. The Kier molecular flexibility index (Phi) is 5.17. The van der Waals surface area contributed by atoms with Crippen molar-refractivity contribution in [2.45, 2.75) is 39.2 Å². The molecule has 0 bridgehead atoms. The minimum atomic E-state index is -1.00. The molecule has 6 heteroatoms. The first kappa shape index (κ1) is 15.8. The van der Waals surface area contributed by atoms with Gasteiger partial charge in [-0.2, -0.15) is 0 Å².